The summed E-state index contributed by atoms with van der Waals surface area (Å²) in [6.45, 7) is 4.26. The highest BCUT2D eigenvalue weighted by molar-refractivity contribution is 8.00. The van der Waals surface area contributed by atoms with Crippen molar-refractivity contribution in [3.8, 4) is 0 Å². The van der Waals surface area contributed by atoms with E-state index in [-0.39, 0.29) is 0 Å². The Kier molecular flexibility index (Phi) is 6.85. The van der Waals surface area contributed by atoms with Gasteiger partial charge in [-0.25, -0.2) is 0 Å². The lowest BCUT2D eigenvalue weighted by Gasteiger charge is -2.01. The molecule has 5 aromatic rings. The first-order valence-electron chi connectivity index (χ1n) is 12.1. The zero-order valence-electron chi connectivity index (χ0n) is 20.2. The van der Waals surface area contributed by atoms with Crippen LogP contribution < -0.4 is 0 Å². The van der Waals surface area contributed by atoms with Crippen molar-refractivity contribution in [2.24, 2.45) is 0 Å². The van der Waals surface area contributed by atoms with E-state index >= 15 is 0 Å². The van der Waals surface area contributed by atoms with Gasteiger partial charge in [0.1, 0.15) is 0 Å². The third-order valence-electron chi connectivity index (χ3n) is 6.21. The smallest absolute Gasteiger partial charge is 0.0463 e. The second kappa shape index (κ2) is 10.4. The summed E-state index contributed by atoms with van der Waals surface area (Å²) in [5.41, 5.74) is 5.13. The van der Waals surface area contributed by atoms with Gasteiger partial charge in [-0.05, 0) is 67.8 Å². The van der Waals surface area contributed by atoms with Crippen molar-refractivity contribution >= 4 is 85.6 Å². The Morgan fingerprint density at radius 1 is 0.611 bits per heavy atom. The molecule has 1 aliphatic rings. The van der Waals surface area contributed by atoms with E-state index in [4.69, 9.17) is 0 Å². The Morgan fingerprint density at radius 3 is 1.72 bits per heavy atom. The van der Waals surface area contributed by atoms with E-state index in [0.29, 0.717) is 5.25 Å². The maximum atomic E-state index is 2.37. The van der Waals surface area contributed by atoms with E-state index in [9.17, 15) is 0 Å². The van der Waals surface area contributed by atoms with Gasteiger partial charge in [-0.2, -0.15) is 0 Å². The molecule has 6 rings (SSSR count). The number of fused-ring (bicyclic) bond motifs is 2. The van der Waals surface area contributed by atoms with E-state index < -0.39 is 0 Å². The second-order valence-corrected chi connectivity index (χ2v) is 13.8. The van der Waals surface area contributed by atoms with E-state index in [2.05, 4.69) is 117 Å². The van der Waals surface area contributed by atoms with E-state index in [0.717, 1.165) is 6.42 Å². The van der Waals surface area contributed by atoms with Gasteiger partial charge >= 0.3 is 0 Å². The van der Waals surface area contributed by atoms with Crippen LogP contribution in [0.2, 0.25) is 0 Å². The van der Waals surface area contributed by atoms with Crippen LogP contribution in [0.5, 0.6) is 0 Å². The Balaban J connectivity index is 1.08. The lowest BCUT2D eigenvalue weighted by atomic mass is 10.1. The van der Waals surface area contributed by atoms with Gasteiger partial charge in [0, 0.05) is 39.1 Å². The summed E-state index contributed by atoms with van der Waals surface area (Å²) in [4.78, 5) is 6.97. The molecule has 4 heteroatoms. The lowest BCUT2D eigenvalue weighted by molar-refractivity contribution is 1.07. The molecule has 0 saturated carbocycles. The third-order valence-corrected chi connectivity index (χ3v) is 10.9. The molecule has 2 aromatic carbocycles. The lowest BCUT2D eigenvalue weighted by Crippen LogP contribution is -1.94. The summed E-state index contributed by atoms with van der Waals surface area (Å²) in [7, 11) is 0. The summed E-state index contributed by atoms with van der Waals surface area (Å²) < 4.78 is 2.74. The Labute approximate surface area is 229 Å². The van der Waals surface area contributed by atoms with Gasteiger partial charge in [-0.3, -0.25) is 0 Å². The molecule has 0 nitrogen and oxygen atoms in total. The molecule has 1 aliphatic heterocycles. The van der Waals surface area contributed by atoms with Crippen LogP contribution in [0.4, 0.5) is 0 Å². The fourth-order valence-electron chi connectivity index (χ4n) is 4.20. The molecule has 0 radical (unpaired) electrons. The molecule has 0 spiro atoms. The van der Waals surface area contributed by atoms with Gasteiger partial charge < -0.3 is 0 Å². The maximum Gasteiger partial charge on any atom is 0.0463 e. The third kappa shape index (κ3) is 5.52. The summed E-state index contributed by atoms with van der Waals surface area (Å²) >= 11 is 7.69. The number of rotatable bonds is 6. The second-order valence-electron chi connectivity index (χ2n) is 9.17. The molecule has 178 valence electrons. The zero-order valence-corrected chi connectivity index (χ0v) is 23.5. The van der Waals surface area contributed by atoms with Crippen molar-refractivity contribution < 1.29 is 0 Å². The quantitative estimate of drug-likeness (QED) is 0.207. The molecule has 3 aromatic heterocycles. The molecular formula is C32H26S4. The van der Waals surface area contributed by atoms with Crippen LogP contribution in [0, 0.1) is 13.8 Å². The van der Waals surface area contributed by atoms with Crippen LogP contribution in [-0.4, -0.2) is 5.25 Å². The Hall–Kier alpha value is -2.63. The molecule has 0 fully saturated rings. The van der Waals surface area contributed by atoms with Crippen molar-refractivity contribution in [1.82, 2.24) is 0 Å². The first-order chi connectivity index (χ1) is 17.6. The Morgan fingerprint density at radius 2 is 1.14 bits per heavy atom. The standard InChI is InChI=1S/C32H26S4/c1-21-3-7-23(8-4-21)11-13-25-17-29-31(33-25)19-27(35-29)15-16-28-20-32-30(36-28)18-26(34-32)14-12-24-9-5-22(2)6-10-24/h3-17,19-20,26H,18H2,1-2H3/b13-11+,14-12+,16-15+. The topological polar surface area (TPSA) is 0 Å². The van der Waals surface area contributed by atoms with Crippen molar-refractivity contribution in [1.29, 1.82) is 0 Å². The van der Waals surface area contributed by atoms with Crippen LogP contribution >= 0.6 is 45.8 Å². The van der Waals surface area contributed by atoms with Crippen LogP contribution in [0.15, 0.2) is 77.7 Å². The number of thiophene rings is 3. The normalized spacial score (nSPS) is 15.8. The monoisotopic (exact) mass is 538 g/mol. The van der Waals surface area contributed by atoms with Crippen LogP contribution in [-0.2, 0) is 6.42 Å². The molecule has 0 saturated heterocycles. The molecule has 0 bridgehead atoms. The van der Waals surface area contributed by atoms with E-state index in [1.54, 1.807) is 0 Å². The largest absolute Gasteiger partial charge is 0.140 e. The molecule has 36 heavy (non-hydrogen) atoms. The van der Waals surface area contributed by atoms with Gasteiger partial charge in [-0.1, -0.05) is 77.9 Å². The van der Waals surface area contributed by atoms with Gasteiger partial charge in [0.25, 0.3) is 0 Å². The summed E-state index contributed by atoms with van der Waals surface area (Å²) in [6.07, 6.45) is 14.8. The van der Waals surface area contributed by atoms with Gasteiger partial charge in [-0.15, -0.1) is 45.8 Å². The average Bonchev–Trinajstić information content (AvgIpc) is 3.61. The predicted octanol–water partition coefficient (Wildman–Crippen LogP) is 10.7. The van der Waals surface area contributed by atoms with Crippen LogP contribution in [0.3, 0.4) is 0 Å². The number of thioether (sulfide) groups is 1. The van der Waals surface area contributed by atoms with Crippen LogP contribution in [0.25, 0.3) is 39.8 Å². The molecule has 0 aliphatic carbocycles. The first kappa shape index (κ1) is 23.7. The molecule has 0 N–H and O–H groups in total. The maximum absolute atomic E-state index is 2.37. The molecule has 1 atom stereocenters. The summed E-state index contributed by atoms with van der Waals surface area (Å²) in [6, 6.07) is 24.4. The summed E-state index contributed by atoms with van der Waals surface area (Å²) in [5.74, 6) is 0. The highest BCUT2D eigenvalue weighted by Gasteiger charge is 2.22. The van der Waals surface area contributed by atoms with Crippen LogP contribution in [0.1, 0.15) is 41.8 Å². The number of hydrogen-bond donors (Lipinski definition) is 0. The van der Waals surface area contributed by atoms with Crippen molar-refractivity contribution in [2.45, 2.75) is 30.4 Å². The minimum atomic E-state index is 0.545. The van der Waals surface area contributed by atoms with Gasteiger partial charge in [0.2, 0.25) is 0 Å². The van der Waals surface area contributed by atoms with Crippen molar-refractivity contribution in [3.05, 3.63) is 115 Å². The zero-order chi connectivity index (χ0) is 24.5. The summed E-state index contributed by atoms with van der Waals surface area (Å²) in [5, 5.41) is 0.545. The van der Waals surface area contributed by atoms with Crippen molar-refractivity contribution in [3.63, 3.8) is 0 Å². The fourth-order valence-corrected chi connectivity index (χ4v) is 9.04. The first-order valence-corrected chi connectivity index (χ1v) is 15.4. The number of hydrogen-bond acceptors (Lipinski definition) is 4. The number of aryl methyl sites for hydroxylation is 2. The minimum Gasteiger partial charge on any atom is -0.140 e. The SMILES string of the molecule is Cc1ccc(/C=C/c2cc3sc(/C=C/c4cc5c(s4)CC(/C=C/c4ccc(C)cc4)S5)cc3s2)cc1. The van der Waals surface area contributed by atoms with Gasteiger partial charge in [0.15, 0.2) is 0 Å². The van der Waals surface area contributed by atoms with E-state index in [1.165, 1.54) is 56.1 Å². The highest BCUT2D eigenvalue weighted by Crippen LogP contribution is 2.43. The molecule has 0 amide bonds. The van der Waals surface area contributed by atoms with E-state index in [1.807, 2.05) is 45.8 Å². The van der Waals surface area contributed by atoms with Crippen molar-refractivity contribution in [2.75, 3.05) is 0 Å². The number of benzene rings is 2. The van der Waals surface area contributed by atoms with Gasteiger partial charge in [0.05, 0.1) is 0 Å². The minimum absolute atomic E-state index is 0.545. The average molecular weight is 539 g/mol. The predicted molar refractivity (Wildman–Crippen MR) is 167 cm³/mol. The fraction of sp³-hybridized carbons (Fsp3) is 0.125. The highest BCUT2D eigenvalue weighted by atomic mass is 32.2. The molecule has 1 unspecified atom stereocenters. The molecule has 4 heterocycles. The molecular weight excluding hydrogens is 513 g/mol. The Bertz CT molecular complexity index is 1530.